The zero-order valence-electron chi connectivity index (χ0n) is 10.5. The highest BCUT2D eigenvalue weighted by molar-refractivity contribution is 7.89. The van der Waals surface area contributed by atoms with Crippen LogP contribution in [0.15, 0.2) is 12.1 Å². The van der Waals surface area contributed by atoms with Gasteiger partial charge in [-0.2, -0.15) is 0 Å². The summed E-state index contributed by atoms with van der Waals surface area (Å²) in [7, 11) is -1.44. The van der Waals surface area contributed by atoms with Crippen LogP contribution in [-0.2, 0) is 0 Å². The molecule has 1 nitrogen and oxygen atoms in total. The Morgan fingerprint density at radius 3 is 1.73 bits per heavy atom. The lowest BCUT2D eigenvalue weighted by molar-refractivity contribution is 0.107. The molecule has 1 rings (SSSR count). The highest BCUT2D eigenvalue weighted by Gasteiger charge is 2.23. The molecule has 0 amide bonds. The molecule has 0 bridgehead atoms. The van der Waals surface area contributed by atoms with Crippen LogP contribution >= 0.6 is 7.26 Å². The van der Waals surface area contributed by atoms with Gasteiger partial charge in [-0.1, -0.05) is 25.0 Å². The lowest BCUT2D eigenvalue weighted by atomic mass is 10.0. The van der Waals surface area contributed by atoms with E-state index in [1.54, 1.807) is 0 Å². The molecule has 0 fully saturated rings. The van der Waals surface area contributed by atoms with E-state index in [1.165, 1.54) is 5.56 Å². The smallest absolute Gasteiger partial charge is 0.179 e. The molecule has 83 valence electrons. The molecule has 0 saturated carbocycles. The Hall–Kier alpha value is -0.680. The first-order valence-electron chi connectivity index (χ1n) is 5.17. The van der Waals surface area contributed by atoms with Crippen LogP contribution in [0.2, 0.25) is 0 Å². The van der Waals surface area contributed by atoms with E-state index in [9.17, 15) is 4.79 Å². The van der Waals surface area contributed by atoms with Crippen molar-refractivity contribution in [2.45, 2.75) is 20.8 Å². The molecule has 0 heterocycles. The van der Waals surface area contributed by atoms with E-state index < -0.39 is 7.26 Å². The highest BCUT2D eigenvalue weighted by Crippen LogP contribution is 2.50. The Labute approximate surface area is 93.2 Å². The minimum atomic E-state index is -1.44. The summed E-state index contributed by atoms with van der Waals surface area (Å²) >= 11 is 0. The molecule has 0 saturated heterocycles. The Kier molecular flexibility index (Phi) is 3.35. The van der Waals surface area contributed by atoms with Crippen molar-refractivity contribution in [2.24, 2.45) is 0 Å². The molecule has 1 aromatic rings. The van der Waals surface area contributed by atoms with E-state index in [2.05, 4.69) is 39.1 Å². The lowest BCUT2D eigenvalue weighted by Crippen LogP contribution is -2.08. The standard InChI is InChI=1S/C13H20OP/c1-9-7-10(2)12(11(3)8-9)13(14)15(4,5)6/h7-8H,1-6H3. The number of benzene rings is 1. The number of aryl methyl sites for hydroxylation is 3. The molecule has 0 aliphatic heterocycles. The topological polar surface area (TPSA) is 17.1 Å². The fourth-order valence-electron chi connectivity index (χ4n) is 1.85. The Bertz CT molecular complexity index is 376. The summed E-state index contributed by atoms with van der Waals surface area (Å²) in [5, 5.41) is 0. The second kappa shape index (κ2) is 4.06. The largest absolute Gasteiger partial charge is 0.289 e. The molecule has 0 unspecified atom stereocenters. The molecule has 0 atom stereocenters. The zero-order valence-corrected chi connectivity index (χ0v) is 11.4. The van der Waals surface area contributed by atoms with Crippen molar-refractivity contribution in [3.63, 3.8) is 0 Å². The molecular formula is C13H20OP. The number of rotatable bonds is 2. The van der Waals surface area contributed by atoms with Gasteiger partial charge in [0.25, 0.3) is 0 Å². The fraction of sp³-hybridized carbons (Fsp3) is 0.462. The van der Waals surface area contributed by atoms with Crippen molar-refractivity contribution < 1.29 is 4.79 Å². The summed E-state index contributed by atoms with van der Waals surface area (Å²) in [4.78, 5) is 12.3. The van der Waals surface area contributed by atoms with Crippen molar-refractivity contribution in [2.75, 3.05) is 20.0 Å². The van der Waals surface area contributed by atoms with Gasteiger partial charge in [-0.3, -0.25) is 4.79 Å². The minimum absolute atomic E-state index is 0.345. The first-order chi connectivity index (χ1) is 6.73. The van der Waals surface area contributed by atoms with Crippen LogP contribution < -0.4 is 0 Å². The molecule has 1 aromatic carbocycles. The number of carbonyl (C=O) groups is 1. The van der Waals surface area contributed by atoms with Crippen molar-refractivity contribution >= 4 is 12.8 Å². The minimum Gasteiger partial charge on any atom is -0.289 e. The van der Waals surface area contributed by atoms with E-state index in [0.717, 1.165) is 16.7 Å². The second-order valence-corrected chi connectivity index (χ2v) is 9.52. The van der Waals surface area contributed by atoms with Gasteiger partial charge in [0.2, 0.25) is 0 Å². The maximum Gasteiger partial charge on any atom is 0.179 e. The summed E-state index contributed by atoms with van der Waals surface area (Å²) in [6.45, 7) is 12.4. The third-order valence-corrected chi connectivity index (χ3v) is 3.94. The van der Waals surface area contributed by atoms with E-state index >= 15 is 0 Å². The summed E-state index contributed by atoms with van der Waals surface area (Å²) in [6, 6.07) is 4.19. The number of hydrogen-bond donors (Lipinski definition) is 0. The molecule has 0 N–H and O–H groups in total. The molecule has 2 heteroatoms. The van der Waals surface area contributed by atoms with Gasteiger partial charge in [0.05, 0.1) is 0 Å². The van der Waals surface area contributed by atoms with Crippen LogP contribution in [0, 0.1) is 20.8 Å². The Morgan fingerprint density at radius 1 is 1.00 bits per heavy atom. The SMILES string of the molecule is Cc1cc(C)c(C(=O)[P](C)(C)C)c(C)c1. The first kappa shape index (κ1) is 12.4. The average molecular weight is 223 g/mol. The molecule has 15 heavy (non-hydrogen) atoms. The van der Waals surface area contributed by atoms with E-state index in [4.69, 9.17) is 0 Å². The molecule has 0 aliphatic carbocycles. The monoisotopic (exact) mass is 223 g/mol. The van der Waals surface area contributed by atoms with Crippen LogP contribution in [0.4, 0.5) is 0 Å². The van der Waals surface area contributed by atoms with Crippen LogP contribution in [0.25, 0.3) is 0 Å². The summed E-state index contributed by atoms with van der Waals surface area (Å²) in [6.07, 6.45) is 0. The van der Waals surface area contributed by atoms with E-state index in [1.807, 2.05) is 13.8 Å². The normalized spacial score (nSPS) is 11.6. The van der Waals surface area contributed by atoms with Crippen LogP contribution in [0.5, 0.6) is 0 Å². The highest BCUT2D eigenvalue weighted by atomic mass is 31.2. The maximum absolute atomic E-state index is 12.3. The van der Waals surface area contributed by atoms with Gasteiger partial charge in [-0.05, 0) is 51.9 Å². The summed E-state index contributed by atoms with van der Waals surface area (Å²) in [5.41, 5.74) is 4.76. The molecular weight excluding hydrogens is 203 g/mol. The third-order valence-electron chi connectivity index (χ3n) is 2.50. The van der Waals surface area contributed by atoms with Gasteiger partial charge in [-0.15, -0.1) is 0 Å². The van der Waals surface area contributed by atoms with Crippen molar-refractivity contribution in [3.05, 3.63) is 34.4 Å². The van der Waals surface area contributed by atoms with Gasteiger partial charge in [0.15, 0.2) is 5.52 Å². The summed E-state index contributed by atoms with van der Waals surface area (Å²) in [5.74, 6) is 0. The van der Waals surface area contributed by atoms with Crippen molar-refractivity contribution in [1.82, 2.24) is 0 Å². The predicted molar refractivity (Wildman–Crippen MR) is 69.7 cm³/mol. The Balaban J connectivity index is 3.33. The number of hydrogen-bond acceptors (Lipinski definition) is 1. The second-order valence-electron chi connectivity index (χ2n) is 5.09. The molecule has 0 aliphatic rings. The van der Waals surface area contributed by atoms with Gasteiger partial charge in [-0.25, -0.2) is 0 Å². The fourth-order valence-corrected chi connectivity index (χ4v) is 2.88. The first-order valence-corrected chi connectivity index (χ1v) is 8.30. The van der Waals surface area contributed by atoms with Gasteiger partial charge in [0.1, 0.15) is 0 Å². The lowest BCUT2D eigenvalue weighted by Gasteiger charge is -2.22. The Morgan fingerprint density at radius 2 is 1.40 bits per heavy atom. The molecule has 0 spiro atoms. The van der Waals surface area contributed by atoms with Crippen LogP contribution in [0.3, 0.4) is 0 Å². The predicted octanol–water partition coefficient (Wildman–Crippen LogP) is 3.66. The number of carbonyl (C=O) groups excluding carboxylic acids is 1. The van der Waals surface area contributed by atoms with Crippen LogP contribution in [-0.4, -0.2) is 25.5 Å². The maximum atomic E-state index is 12.3. The van der Waals surface area contributed by atoms with Crippen molar-refractivity contribution in [1.29, 1.82) is 0 Å². The van der Waals surface area contributed by atoms with Gasteiger partial charge in [0, 0.05) is 5.56 Å². The molecule has 0 aromatic heterocycles. The third kappa shape index (κ3) is 2.66. The van der Waals surface area contributed by atoms with E-state index in [0.29, 0.717) is 5.52 Å². The average Bonchev–Trinajstić information content (AvgIpc) is 1.99. The van der Waals surface area contributed by atoms with E-state index in [-0.39, 0.29) is 0 Å². The molecule has 1 radical (unpaired) electrons. The van der Waals surface area contributed by atoms with Gasteiger partial charge < -0.3 is 0 Å². The van der Waals surface area contributed by atoms with Gasteiger partial charge >= 0.3 is 0 Å². The zero-order chi connectivity index (χ0) is 11.8. The van der Waals surface area contributed by atoms with Crippen molar-refractivity contribution in [3.8, 4) is 0 Å². The summed E-state index contributed by atoms with van der Waals surface area (Å²) < 4.78 is 0. The quantitative estimate of drug-likeness (QED) is 0.699. The van der Waals surface area contributed by atoms with Crippen LogP contribution in [0.1, 0.15) is 27.0 Å².